The van der Waals surface area contributed by atoms with E-state index in [4.69, 9.17) is 12.2 Å². The zero-order chi connectivity index (χ0) is 18.1. The molecule has 0 fully saturated rings. The van der Waals surface area contributed by atoms with Gasteiger partial charge in [0.25, 0.3) is 0 Å². The van der Waals surface area contributed by atoms with Crippen LogP contribution in [0.15, 0.2) is 60.7 Å². The summed E-state index contributed by atoms with van der Waals surface area (Å²) in [6, 6.07) is 16.6. The lowest BCUT2D eigenvalue weighted by atomic mass is 10.2. The third-order valence-electron chi connectivity index (χ3n) is 3.21. The number of carbonyl (C=O) groups is 2. The molecule has 0 heterocycles. The highest BCUT2D eigenvalue weighted by Crippen LogP contribution is 2.13. The number of carbonyl (C=O) groups excluding carboxylic acids is 2. The molecule has 0 saturated heterocycles. The number of amides is 2. The van der Waals surface area contributed by atoms with Crippen LogP contribution < -0.4 is 16.0 Å². The maximum Gasteiger partial charge on any atom is 0.248 e. The summed E-state index contributed by atoms with van der Waals surface area (Å²) < 4.78 is 0. The van der Waals surface area contributed by atoms with E-state index in [1.165, 1.54) is 6.08 Å². The number of anilines is 2. The Morgan fingerprint density at radius 1 is 0.960 bits per heavy atom. The molecular formula is C19H19N3O2S. The zero-order valence-electron chi connectivity index (χ0n) is 13.8. The van der Waals surface area contributed by atoms with Gasteiger partial charge in [-0.1, -0.05) is 37.3 Å². The molecule has 0 aliphatic rings. The molecule has 5 nitrogen and oxygen atoms in total. The first-order chi connectivity index (χ1) is 12.1. The fourth-order valence-corrected chi connectivity index (χ4v) is 2.17. The van der Waals surface area contributed by atoms with E-state index in [2.05, 4.69) is 16.0 Å². The number of nitrogens with one attached hydrogen (secondary N) is 3. The highest BCUT2D eigenvalue weighted by atomic mass is 32.1. The van der Waals surface area contributed by atoms with Crippen molar-refractivity contribution in [3.63, 3.8) is 0 Å². The first-order valence-electron chi connectivity index (χ1n) is 7.82. The summed E-state index contributed by atoms with van der Waals surface area (Å²) in [5.74, 6) is -0.359. The lowest BCUT2D eigenvalue weighted by molar-refractivity contribution is -0.119. The molecule has 0 aliphatic heterocycles. The summed E-state index contributed by atoms with van der Waals surface area (Å²) in [4.78, 5) is 23.2. The summed E-state index contributed by atoms with van der Waals surface area (Å²) in [5.41, 5.74) is 2.34. The minimum absolute atomic E-state index is 0.147. The van der Waals surface area contributed by atoms with Crippen molar-refractivity contribution >= 4 is 46.6 Å². The van der Waals surface area contributed by atoms with Gasteiger partial charge in [0.2, 0.25) is 11.8 Å². The van der Waals surface area contributed by atoms with Gasteiger partial charge in [-0.15, -0.1) is 0 Å². The van der Waals surface area contributed by atoms with Crippen molar-refractivity contribution in [2.45, 2.75) is 13.3 Å². The standard InChI is InChI=1S/C19H19N3O2S/c1-2-17(23)22-19(25)21-16-11-9-15(10-12-16)20-18(24)13-8-14-6-4-3-5-7-14/h3-13H,2H2,1H3,(H,20,24)(H2,21,22,23,25)/b13-8+. The fourth-order valence-electron chi connectivity index (χ4n) is 1.93. The van der Waals surface area contributed by atoms with E-state index in [-0.39, 0.29) is 16.9 Å². The molecule has 2 amide bonds. The Kier molecular flexibility index (Phi) is 6.86. The predicted octanol–water partition coefficient (Wildman–Crippen LogP) is 3.56. The highest BCUT2D eigenvalue weighted by molar-refractivity contribution is 7.80. The van der Waals surface area contributed by atoms with Gasteiger partial charge in [-0.2, -0.15) is 0 Å². The third-order valence-corrected chi connectivity index (χ3v) is 3.42. The van der Waals surface area contributed by atoms with Crippen LogP contribution in [0.3, 0.4) is 0 Å². The minimum atomic E-state index is -0.213. The van der Waals surface area contributed by atoms with Crippen LogP contribution in [0.25, 0.3) is 6.08 Å². The van der Waals surface area contributed by atoms with Crippen molar-refractivity contribution in [1.82, 2.24) is 5.32 Å². The molecule has 0 aliphatic carbocycles. The number of rotatable bonds is 5. The summed E-state index contributed by atoms with van der Waals surface area (Å²) >= 11 is 5.04. The number of hydrogen-bond acceptors (Lipinski definition) is 3. The maximum atomic E-state index is 11.9. The monoisotopic (exact) mass is 353 g/mol. The second-order valence-electron chi connectivity index (χ2n) is 5.17. The van der Waals surface area contributed by atoms with Crippen LogP contribution in [-0.2, 0) is 9.59 Å². The zero-order valence-corrected chi connectivity index (χ0v) is 14.6. The Morgan fingerprint density at radius 2 is 1.56 bits per heavy atom. The molecule has 128 valence electrons. The van der Waals surface area contributed by atoms with Crippen molar-refractivity contribution in [3.05, 3.63) is 66.2 Å². The van der Waals surface area contributed by atoms with Gasteiger partial charge in [0.05, 0.1) is 0 Å². The molecule has 0 spiro atoms. The second kappa shape index (κ2) is 9.34. The summed E-state index contributed by atoms with van der Waals surface area (Å²) in [6.07, 6.45) is 3.60. The quantitative estimate of drug-likeness (QED) is 0.568. The van der Waals surface area contributed by atoms with Crippen LogP contribution in [0.4, 0.5) is 11.4 Å². The molecule has 2 aromatic rings. The molecule has 6 heteroatoms. The van der Waals surface area contributed by atoms with E-state index in [1.54, 1.807) is 37.3 Å². The van der Waals surface area contributed by atoms with Crippen molar-refractivity contribution < 1.29 is 9.59 Å². The Hall–Kier alpha value is -2.99. The van der Waals surface area contributed by atoms with E-state index in [0.717, 1.165) is 11.3 Å². The first kappa shape index (κ1) is 18.4. The van der Waals surface area contributed by atoms with Crippen LogP contribution in [0, 0.1) is 0 Å². The van der Waals surface area contributed by atoms with E-state index in [0.29, 0.717) is 12.1 Å². The van der Waals surface area contributed by atoms with Crippen LogP contribution in [0.5, 0.6) is 0 Å². The Labute approximate surface area is 152 Å². The van der Waals surface area contributed by atoms with Crippen LogP contribution in [0.2, 0.25) is 0 Å². The lowest BCUT2D eigenvalue weighted by Crippen LogP contribution is -2.33. The Morgan fingerprint density at radius 3 is 2.16 bits per heavy atom. The van der Waals surface area contributed by atoms with E-state index >= 15 is 0 Å². The van der Waals surface area contributed by atoms with Gasteiger partial charge in [-0.05, 0) is 48.1 Å². The van der Waals surface area contributed by atoms with E-state index in [9.17, 15) is 9.59 Å². The maximum absolute atomic E-state index is 11.9. The lowest BCUT2D eigenvalue weighted by Gasteiger charge is -2.09. The Balaban J connectivity index is 1.87. The number of thiocarbonyl (C=S) groups is 1. The van der Waals surface area contributed by atoms with Crippen LogP contribution >= 0.6 is 12.2 Å². The second-order valence-corrected chi connectivity index (χ2v) is 5.57. The molecule has 3 N–H and O–H groups in total. The van der Waals surface area contributed by atoms with E-state index < -0.39 is 0 Å². The minimum Gasteiger partial charge on any atom is -0.332 e. The fraction of sp³-hybridized carbons (Fsp3) is 0.105. The molecule has 0 bridgehead atoms. The van der Waals surface area contributed by atoms with E-state index in [1.807, 2.05) is 30.3 Å². The molecule has 0 radical (unpaired) electrons. The molecule has 2 rings (SSSR count). The molecular weight excluding hydrogens is 334 g/mol. The SMILES string of the molecule is CCC(=O)NC(=S)Nc1ccc(NC(=O)/C=C/c2ccccc2)cc1. The average Bonchev–Trinajstić information content (AvgIpc) is 2.62. The molecule has 0 atom stereocenters. The number of benzene rings is 2. The van der Waals surface area contributed by atoms with Gasteiger partial charge in [0, 0.05) is 23.9 Å². The molecule has 0 unspecified atom stereocenters. The predicted molar refractivity (Wildman–Crippen MR) is 105 cm³/mol. The smallest absolute Gasteiger partial charge is 0.248 e. The van der Waals surface area contributed by atoms with Crippen LogP contribution in [0.1, 0.15) is 18.9 Å². The summed E-state index contributed by atoms with van der Waals surface area (Å²) in [5, 5.41) is 8.49. The highest BCUT2D eigenvalue weighted by Gasteiger charge is 2.03. The normalized spacial score (nSPS) is 10.3. The molecule has 2 aromatic carbocycles. The van der Waals surface area contributed by atoms with Gasteiger partial charge in [-0.3, -0.25) is 9.59 Å². The average molecular weight is 353 g/mol. The van der Waals surface area contributed by atoms with Crippen LogP contribution in [-0.4, -0.2) is 16.9 Å². The summed E-state index contributed by atoms with van der Waals surface area (Å²) in [7, 11) is 0. The van der Waals surface area contributed by atoms with Crippen molar-refractivity contribution in [3.8, 4) is 0 Å². The first-order valence-corrected chi connectivity index (χ1v) is 8.22. The molecule has 25 heavy (non-hydrogen) atoms. The van der Waals surface area contributed by atoms with Crippen molar-refractivity contribution in [1.29, 1.82) is 0 Å². The van der Waals surface area contributed by atoms with Gasteiger partial charge in [0.15, 0.2) is 5.11 Å². The topological polar surface area (TPSA) is 70.2 Å². The third kappa shape index (κ3) is 6.56. The number of hydrogen-bond donors (Lipinski definition) is 3. The van der Waals surface area contributed by atoms with Gasteiger partial charge < -0.3 is 16.0 Å². The molecule has 0 aromatic heterocycles. The van der Waals surface area contributed by atoms with Gasteiger partial charge >= 0.3 is 0 Å². The van der Waals surface area contributed by atoms with Crippen molar-refractivity contribution in [2.24, 2.45) is 0 Å². The van der Waals surface area contributed by atoms with Crippen molar-refractivity contribution in [2.75, 3.05) is 10.6 Å². The summed E-state index contributed by atoms with van der Waals surface area (Å²) in [6.45, 7) is 1.75. The van der Waals surface area contributed by atoms with Gasteiger partial charge in [-0.25, -0.2) is 0 Å². The van der Waals surface area contributed by atoms with Gasteiger partial charge in [0.1, 0.15) is 0 Å². The largest absolute Gasteiger partial charge is 0.332 e. The molecule has 0 saturated carbocycles. The Bertz CT molecular complexity index is 771.